The van der Waals surface area contributed by atoms with Crippen LogP contribution in [0.4, 0.5) is 5.69 Å². The molecule has 3 nitrogen and oxygen atoms in total. The first-order valence-electron chi connectivity index (χ1n) is 6.40. The SMILES string of the molecule is CN=C(C)C(=C(C)N)c1ccc2c(c1)NCCC2. The van der Waals surface area contributed by atoms with Crippen LogP contribution in [-0.4, -0.2) is 19.3 Å². The van der Waals surface area contributed by atoms with Crippen molar-refractivity contribution in [2.75, 3.05) is 18.9 Å². The summed E-state index contributed by atoms with van der Waals surface area (Å²) in [6.07, 6.45) is 2.37. The average Bonchev–Trinajstić information content (AvgIpc) is 2.38. The summed E-state index contributed by atoms with van der Waals surface area (Å²) in [6, 6.07) is 6.53. The first-order valence-corrected chi connectivity index (χ1v) is 6.40. The van der Waals surface area contributed by atoms with Crippen molar-refractivity contribution in [1.29, 1.82) is 0 Å². The highest BCUT2D eigenvalue weighted by Gasteiger charge is 2.13. The molecule has 0 amide bonds. The number of hydrogen-bond donors (Lipinski definition) is 2. The van der Waals surface area contributed by atoms with E-state index in [1.165, 1.54) is 17.7 Å². The highest BCUT2D eigenvalue weighted by Crippen LogP contribution is 2.27. The van der Waals surface area contributed by atoms with Gasteiger partial charge in [-0.3, -0.25) is 4.99 Å². The van der Waals surface area contributed by atoms with Gasteiger partial charge in [-0.2, -0.15) is 0 Å². The van der Waals surface area contributed by atoms with Crippen molar-refractivity contribution in [2.24, 2.45) is 10.7 Å². The Morgan fingerprint density at radius 1 is 1.33 bits per heavy atom. The van der Waals surface area contributed by atoms with E-state index in [-0.39, 0.29) is 0 Å². The molecule has 0 radical (unpaired) electrons. The molecule has 0 atom stereocenters. The molecule has 0 bridgehead atoms. The summed E-state index contributed by atoms with van der Waals surface area (Å²) < 4.78 is 0. The van der Waals surface area contributed by atoms with Gasteiger partial charge in [-0.25, -0.2) is 0 Å². The minimum Gasteiger partial charge on any atom is -0.402 e. The number of benzene rings is 1. The molecule has 1 heterocycles. The van der Waals surface area contributed by atoms with E-state index in [0.29, 0.717) is 0 Å². The molecule has 1 aromatic rings. The Morgan fingerprint density at radius 2 is 2.11 bits per heavy atom. The standard InChI is InChI=1S/C15H21N3/c1-10(16)15(11(2)17-3)13-7-6-12-5-4-8-18-14(12)9-13/h6-7,9,18H,4-5,8,16H2,1-3H3. The number of fused-ring (bicyclic) bond motifs is 1. The lowest BCUT2D eigenvalue weighted by atomic mass is 9.95. The van der Waals surface area contributed by atoms with Crippen LogP contribution in [0.1, 0.15) is 31.4 Å². The average molecular weight is 243 g/mol. The van der Waals surface area contributed by atoms with E-state index < -0.39 is 0 Å². The van der Waals surface area contributed by atoms with E-state index in [4.69, 9.17) is 5.73 Å². The van der Waals surface area contributed by atoms with Crippen molar-refractivity contribution in [3.63, 3.8) is 0 Å². The van der Waals surface area contributed by atoms with Gasteiger partial charge in [-0.05, 0) is 43.9 Å². The van der Waals surface area contributed by atoms with Crippen molar-refractivity contribution in [2.45, 2.75) is 26.7 Å². The maximum atomic E-state index is 6.00. The second-order valence-electron chi connectivity index (χ2n) is 4.77. The van der Waals surface area contributed by atoms with Gasteiger partial charge >= 0.3 is 0 Å². The molecule has 3 heteroatoms. The molecular formula is C15H21N3. The molecule has 0 fully saturated rings. The fourth-order valence-electron chi connectivity index (χ4n) is 2.45. The predicted octanol–water partition coefficient (Wildman–Crippen LogP) is 2.83. The van der Waals surface area contributed by atoms with Crippen LogP contribution in [0.2, 0.25) is 0 Å². The summed E-state index contributed by atoms with van der Waals surface area (Å²) in [5, 5.41) is 3.45. The van der Waals surface area contributed by atoms with E-state index in [0.717, 1.165) is 35.5 Å². The molecule has 0 saturated heterocycles. The number of nitrogens with one attached hydrogen (secondary N) is 1. The van der Waals surface area contributed by atoms with Crippen LogP contribution in [0.5, 0.6) is 0 Å². The lowest BCUT2D eigenvalue weighted by Crippen LogP contribution is -2.13. The monoisotopic (exact) mass is 243 g/mol. The van der Waals surface area contributed by atoms with Gasteiger partial charge in [0, 0.05) is 36.3 Å². The van der Waals surface area contributed by atoms with Gasteiger partial charge < -0.3 is 11.1 Å². The summed E-state index contributed by atoms with van der Waals surface area (Å²) >= 11 is 0. The van der Waals surface area contributed by atoms with Gasteiger partial charge in [-0.1, -0.05) is 12.1 Å². The molecule has 0 aliphatic carbocycles. The van der Waals surface area contributed by atoms with Gasteiger partial charge in [0.1, 0.15) is 0 Å². The van der Waals surface area contributed by atoms with Gasteiger partial charge in [0.05, 0.1) is 0 Å². The number of aliphatic imine (C=N–C) groups is 1. The normalized spacial score (nSPS) is 16.7. The Morgan fingerprint density at radius 3 is 2.78 bits per heavy atom. The number of nitrogens with zero attached hydrogens (tertiary/aromatic N) is 1. The van der Waals surface area contributed by atoms with Crippen molar-refractivity contribution in [1.82, 2.24) is 0 Å². The van der Waals surface area contributed by atoms with E-state index in [1.807, 2.05) is 13.8 Å². The fraction of sp³-hybridized carbons (Fsp3) is 0.400. The fourth-order valence-corrected chi connectivity index (χ4v) is 2.45. The quantitative estimate of drug-likeness (QED) is 0.785. The topological polar surface area (TPSA) is 50.4 Å². The zero-order chi connectivity index (χ0) is 13.1. The van der Waals surface area contributed by atoms with Gasteiger partial charge in [0.15, 0.2) is 0 Å². The zero-order valence-corrected chi connectivity index (χ0v) is 11.4. The molecule has 96 valence electrons. The first-order chi connectivity index (χ1) is 8.63. The third kappa shape index (κ3) is 2.40. The molecular weight excluding hydrogens is 222 g/mol. The minimum atomic E-state index is 0.814. The molecule has 1 aliphatic heterocycles. The third-order valence-corrected chi connectivity index (χ3v) is 3.43. The van der Waals surface area contributed by atoms with Crippen molar-refractivity contribution >= 4 is 17.0 Å². The highest BCUT2D eigenvalue weighted by atomic mass is 14.9. The number of aryl methyl sites for hydroxylation is 1. The third-order valence-electron chi connectivity index (χ3n) is 3.43. The van der Waals surface area contributed by atoms with Gasteiger partial charge in [-0.15, -0.1) is 0 Å². The molecule has 0 saturated carbocycles. The number of nitrogens with two attached hydrogens (primary N) is 1. The summed E-state index contributed by atoms with van der Waals surface area (Å²) in [7, 11) is 1.80. The Bertz CT molecular complexity index is 508. The second kappa shape index (κ2) is 5.25. The molecule has 0 unspecified atom stereocenters. The molecule has 3 N–H and O–H groups in total. The van der Waals surface area contributed by atoms with Crippen LogP contribution in [0.3, 0.4) is 0 Å². The summed E-state index contributed by atoms with van der Waals surface area (Å²) in [5.41, 5.74) is 12.6. The van der Waals surface area contributed by atoms with Crippen LogP contribution >= 0.6 is 0 Å². The van der Waals surface area contributed by atoms with E-state index >= 15 is 0 Å². The van der Waals surface area contributed by atoms with Gasteiger partial charge in [0.2, 0.25) is 0 Å². The highest BCUT2D eigenvalue weighted by molar-refractivity contribution is 6.23. The minimum absolute atomic E-state index is 0.814. The van der Waals surface area contributed by atoms with Gasteiger partial charge in [0.25, 0.3) is 0 Å². The Hall–Kier alpha value is -1.77. The molecule has 18 heavy (non-hydrogen) atoms. The molecule has 1 aromatic carbocycles. The van der Waals surface area contributed by atoms with Crippen LogP contribution in [0.15, 0.2) is 28.9 Å². The van der Waals surface area contributed by atoms with E-state index in [9.17, 15) is 0 Å². The maximum absolute atomic E-state index is 6.00. The zero-order valence-electron chi connectivity index (χ0n) is 11.4. The van der Waals surface area contributed by atoms with Crippen LogP contribution in [0.25, 0.3) is 5.57 Å². The summed E-state index contributed by atoms with van der Waals surface area (Å²) in [4.78, 5) is 4.26. The predicted molar refractivity (Wildman–Crippen MR) is 79.1 cm³/mol. The molecule has 1 aliphatic rings. The number of rotatable bonds is 2. The Balaban J connectivity index is 2.47. The smallest absolute Gasteiger partial charge is 0.0409 e. The van der Waals surface area contributed by atoms with E-state index in [1.54, 1.807) is 7.05 Å². The largest absolute Gasteiger partial charge is 0.402 e. The van der Waals surface area contributed by atoms with Crippen molar-refractivity contribution in [3.8, 4) is 0 Å². The van der Waals surface area contributed by atoms with Crippen LogP contribution in [-0.2, 0) is 6.42 Å². The Labute approximate surface area is 109 Å². The molecule has 0 aromatic heterocycles. The Kier molecular flexibility index (Phi) is 3.70. The van der Waals surface area contributed by atoms with Crippen molar-refractivity contribution < 1.29 is 0 Å². The summed E-state index contributed by atoms with van der Waals surface area (Å²) in [5.74, 6) is 0. The van der Waals surface area contributed by atoms with Crippen molar-refractivity contribution in [3.05, 3.63) is 35.0 Å². The maximum Gasteiger partial charge on any atom is 0.0409 e. The second-order valence-corrected chi connectivity index (χ2v) is 4.77. The summed E-state index contributed by atoms with van der Waals surface area (Å²) in [6.45, 7) is 4.98. The number of allylic oxidation sites excluding steroid dienone is 2. The lowest BCUT2D eigenvalue weighted by molar-refractivity contribution is 0.830. The van der Waals surface area contributed by atoms with Crippen LogP contribution in [0, 0.1) is 0 Å². The number of anilines is 1. The molecule has 2 rings (SSSR count). The first kappa shape index (κ1) is 12.7. The molecule has 0 spiro atoms. The van der Waals surface area contributed by atoms with Crippen LogP contribution < -0.4 is 11.1 Å². The number of hydrogen-bond acceptors (Lipinski definition) is 3. The van der Waals surface area contributed by atoms with E-state index in [2.05, 4.69) is 28.5 Å². The lowest BCUT2D eigenvalue weighted by Gasteiger charge is -2.20.